The van der Waals surface area contributed by atoms with Crippen molar-refractivity contribution in [1.29, 1.82) is 0 Å². The molecule has 0 aromatic rings. The topological polar surface area (TPSA) is 3.24 Å². The van der Waals surface area contributed by atoms with E-state index < -0.39 is 16.5 Å². The monoisotopic (exact) mass is 241 g/mol. The van der Waals surface area contributed by atoms with Crippen LogP contribution in [0.5, 0.6) is 0 Å². The van der Waals surface area contributed by atoms with Gasteiger partial charge >= 0.3 is 0 Å². The number of hydrogen-bond acceptors (Lipinski definition) is 1. The first-order chi connectivity index (χ1) is 6.81. The molecule has 0 fully saturated rings. The van der Waals surface area contributed by atoms with Crippen LogP contribution in [-0.2, 0) is 0 Å². The lowest BCUT2D eigenvalue weighted by atomic mass is 10.3. The van der Waals surface area contributed by atoms with Gasteiger partial charge in [0.1, 0.15) is 16.5 Å². The molecular weight excluding hydrogens is 214 g/mol. The minimum atomic E-state index is -1.41. The molecule has 0 aliphatic carbocycles. The van der Waals surface area contributed by atoms with E-state index in [1.54, 1.807) is 0 Å². The third-order valence-electron chi connectivity index (χ3n) is 3.13. The third kappa shape index (κ3) is 4.09. The lowest BCUT2D eigenvalue weighted by molar-refractivity contribution is 0.581. The molecule has 0 amide bonds. The summed E-state index contributed by atoms with van der Waals surface area (Å²) in [7, 11) is -2.83. The molecule has 0 aliphatic heterocycles. The van der Waals surface area contributed by atoms with Gasteiger partial charge in [-0.15, -0.1) is 13.2 Å². The molecular formula is C12H27NSi2. The second-order valence-electron chi connectivity index (χ2n) is 5.22. The van der Waals surface area contributed by atoms with Gasteiger partial charge < -0.3 is 4.23 Å². The summed E-state index contributed by atoms with van der Waals surface area (Å²) in [6.45, 7) is 21.0. The van der Waals surface area contributed by atoms with Crippen LogP contribution < -0.4 is 0 Å². The molecule has 0 aliphatic rings. The summed E-state index contributed by atoms with van der Waals surface area (Å²) < 4.78 is 2.74. The van der Waals surface area contributed by atoms with Gasteiger partial charge in [-0.05, 0) is 13.0 Å². The molecule has 0 N–H and O–H groups in total. The normalized spacial score (nSPS) is 12.9. The minimum Gasteiger partial charge on any atom is -0.339 e. The molecule has 0 bridgehead atoms. The maximum absolute atomic E-state index is 4.02. The first kappa shape index (κ1) is 14.9. The van der Waals surface area contributed by atoms with Gasteiger partial charge in [-0.25, -0.2) is 0 Å². The van der Waals surface area contributed by atoms with Crippen molar-refractivity contribution in [3.63, 3.8) is 0 Å². The zero-order valence-electron chi connectivity index (χ0n) is 11.1. The van der Waals surface area contributed by atoms with Crippen molar-refractivity contribution in [2.24, 2.45) is 0 Å². The van der Waals surface area contributed by atoms with Gasteiger partial charge in [0.05, 0.1) is 0 Å². The van der Waals surface area contributed by atoms with E-state index in [0.717, 1.165) is 0 Å². The molecule has 0 aromatic carbocycles. The van der Waals surface area contributed by atoms with E-state index in [9.17, 15) is 0 Å². The summed E-state index contributed by atoms with van der Waals surface area (Å²) in [4.78, 5) is 0. The van der Waals surface area contributed by atoms with Gasteiger partial charge in [0.25, 0.3) is 0 Å². The maximum Gasteiger partial charge on any atom is 0.139 e. The highest BCUT2D eigenvalue weighted by atomic mass is 28.4. The molecule has 1 nitrogen and oxygen atoms in total. The Morgan fingerprint density at radius 3 is 1.67 bits per heavy atom. The van der Waals surface area contributed by atoms with E-state index in [4.69, 9.17) is 0 Å². The van der Waals surface area contributed by atoms with Crippen molar-refractivity contribution in [3.05, 3.63) is 24.6 Å². The zero-order chi connectivity index (χ0) is 12.1. The van der Waals surface area contributed by atoms with Gasteiger partial charge in [0, 0.05) is 0 Å². The average Bonchev–Trinajstić information content (AvgIpc) is 2.18. The van der Waals surface area contributed by atoms with E-state index in [0.29, 0.717) is 0 Å². The minimum absolute atomic E-state index is 1.22. The van der Waals surface area contributed by atoms with Crippen LogP contribution in [0.3, 0.4) is 0 Å². The molecule has 0 rings (SSSR count). The molecule has 0 spiro atoms. The predicted molar refractivity (Wildman–Crippen MR) is 77.0 cm³/mol. The SMILES string of the molecule is C=C[Si](C)(C)N(CCCC)[Si](C)(C)C=C. The molecule has 88 valence electrons. The fraction of sp³-hybridized carbons (Fsp3) is 0.667. The number of nitrogens with zero attached hydrogens (tertiary/aromatic N) is 1. The van der Waals surface area contributed by atoms with E-state index >= 15 is 0 Å². The van der Waals surface area contributed by atoms with E-state index in [2.05, 4.69) is 61.9 Å². The second kappa shape index (κ2) is 5.82. The zero-order valence-corrected chi connectivity index (χ0v) is 13.1. The molecule has 3 heteroatoms. The largest absolute Gasteiger partial charge is 0.339 e. The quantitative estimate of drug-likeness (QED) is 0.610. The lowest BCUT2D eigenvalue weighted by Crippen LogP contribution is -2.60. The fourth-order valence-corrected chi connectivity index (χ4v) is 10.3. The standard InChI is InChI=1S/C12H27NSi2/c1-8-11-12-13(14(4,5)9-2)15(6,7)10-3/h9-10H,2-3,8,11-12H2,1,4-7H3. The van der Waals surface area contributed by atoms with E-state index in [-0.39, 0.29) is 0 Å². The smallest absolute Gasteiger partial charge is 0.139 e. The van der Waals surface area contributed by atoms with Crippen molar-refractivity contribution in [2.75, 3.05) is 6.54 Å². The van der Waals surface area contributed by atoms with Crippen molar-refractivity contribution in [3.8, 4) is 0 Å². The lowest BCUT2D eigenvalue weighted by Gasteiger charge is -2.44. The first-order valence-corrected chi connectivity index (χ1v) is 11.9. The average molecular weight is 242 g/mol. The number of unbranched alkanes of at least 4 members (excludes halogenated alkanes) is 1. The molecule has 0 unspecified atom stereocenters. The van der Waals surface area contributed by atoms with E-state index in [1.165, 1.54) is 19.4 Å². The summed E-state index contributed by atoms with van der Waals surface area (Å²) in [5, 5.41) is 0. The Kier molecular flexibility index (Phi) is 5.77. The third-order valence-corrected chi connectivity index (χ3v) is 11.8. The molecule has 0 saturated heterocycles. The van der Waals surface area contributed by atoms with Crippen LogP contribution in [0.4, 0.5) is 0 Å². The van der Waals surface area contributed by atoms with Crippen LogP contribution in [0.2, 0.25) is 26.2 Å². The Bertz CT molecular complexity index is 202. The summed E-state index contributed by atoms with van der Waals surface area (Å²) >= 11 is 0. The Morgan fingerprint density at radius 1 is 1.00 bits per heavy atom. The predicted octanol–water partition coefficient (Wildman–Crippen LogP) is 3.95. The maximum atomic E-state index is 4.02. The second-order valence-corrected chi connectivity index (χ2v) is 14.2. The Hall–Kier alpha value is -0.126. The first-order valence-electron chi connectivity index (χ1n) is 5.86. The summed E-state index contributed by atoms with van der Waals surface area (Å²) in [6.07, 6.45) is 2.55. The summed E-state index contributed by atoms with van der Waals surface area (Å²) in [5.41, 5.74) is 4.39. The summed E-state index contributed by atoms with van der Waals surface area (Å²) in [5.74, 6) is 0. The highest BCUT2D eigenvalue weighted by molar-refractivity contribution is 6.95. The Balaban J connectivity index is 4.88. The summed E-state index contributed by atoms with van der Waals surface area (Å²) in [6, 6.07) is 0. The van der Waals surface area contributed by atoms with Crippen LogP contribution >= 0.6 is 0 Å². The van der Waals surface area contributed by atoms with Crippen LogP contribution in [-0.4, -0.2) is 27.2 Å². The molecule has 0 atom stereocenters. The van der Waals surface area contributed by atoms with Gasteiger partial charge in [-0.3, -0.25) is 0 Å². The molecule has 0 aromatic heterocycles. The Morgan fingerprint density at radius 2 is 1.40 bits per heavy atom. The highest BCUT2D eigenvalue weighted by Gasteiger charge is 2.36. The Labute approximate surface area is 98.1 Å². The van der Waals surface area contributed by atoms with Crippen LogP contribution in [0.25, 0.3) is 0 Å². The molecule has 15 heavy (non-hydrogen) atoms. The van der Waals surface area contributed by atoms with E-state index in [1.807, 2.05) is 0 Å². The van der Waals surface area contributed by atoms with Crippen LogP contribution in [0.15, 0.2) is 24.6 Å². The number of rotatable bonds is 7. The van der Waals surface area contributed by atoms with Crippen LogP contribution in [0.1, 0.15) is 19.8 Å². The fourth-order valence-electron chi connectivity index (χ4n) is 1.86. The number of hydrogen-bond donors (Lipinski definition) is 0. The van der Waals surface area contributed by atoms with Gasteiger partial charge in [-0.2, -0.15) is 0 Å². The highest BCUT2D eigenvalue weighted by Crippen LogP contribution is 2.22. The molecule has 0 saturated carbocycles. The van der Waals surface area contributed by atoms with Crippen LogP contribution in [0, 0.1) is 0 Å². The van der Waals surface area contributed by atoms with Gasteiger partial charge in [0.2, 0.25) is 0 Å². The van der Waals surface area contributed by atoms with Gasteiger partial charge in [0.15, 0.2) is 0 Å². The molecule has 0 heterocycles. The van der Waals surface area contributed by atoms with Crippen molar-refractivity contribution in [1.82, 2.24) is 4.23 Å². The van der Waals surface area contributed by atoms with Crippen molar-refractivity contribution in [2.45, 2.75) is 46.0 Å². The molecule has 0 radical (unpaired) electrons. The van der Waals surface area contributed by atoms with Gasteiger partial charge in [-0.1, -0.05) is 50.9 Å². The van der Waals surface area contributed by atoms with Crippen molar-refractivity contribution < 1.29 is 0 Å². The van der Waals surface area contributed by atoms with Crippen molar-refractivity contribution >= 4 is 16.5 Å².